The molecule has 2 aromatic heterocycles. The Kier molecular flexibility index (Phi) is 6.81. The number of aliphatic hydroxyl groups excluding tert-OH is 1. The molecule has 2 fully saturated rings. The Balaban J connectivity index is 1.39. The summed E-state index contributed by atoms with van der Waals surface area (Å²) < 4.78 is 13.6. The molecular formula is C28H38N4O3S. The maximum absolute atomic E-state index is 10.7. The van der Waals surface area contributed by atoms with Gasteiger partial charge in [0.25, 0.3) is 0 Å². The van der Waals surface area contributed by atoms with E-state index in [0.29, 0.717) is 5.92 Å². The standard InChI is InChI=1S/C28H38N4O3S/c1-30-23-15-21(34-2)3-4-22(23)26-27(30)24(18-33)32(16-20-5-12-35-13-6-20)19-28(26)7-10-31(11-8-28)17-25-29-9-14-36-25/h3-4,9,14-15,20,24,33H,5-8,10-13,16-19H2,1-2H3/t24-/m1/s1. The van der Waals surface area contributed by atoms with Gasteiger partial charge in [-0.1, -0.05) is 0 Å². The summed E-state index contributed by atoms with van der Waals surface area (Å²) in [7, 11) is 3.91. The predicted molar refractivity (Wildman–Crippen MR) is 143 cm³/mol. The molecule has 8 heteroatoms. The van der Waals surface area contributed by atoms with Gasteiger partial charge in [0.1, 0.15) is 10.8 Å². The number of aliphatic hydroxyl groups is 1. The molecule has 5 heterocycles. The molecule has 0 saturated carbocycles. The minimum atomic E-state index is 0.0187. The van der Waals surface area contributed by atoms with Crippen LogP contribution < -0.4 is 4.74 Å². The Bertz CT molecular complexity index is 1180. The van der Waals surface area contributed by atoms with Crippen LogP contribution in [0.2, 0.25) is 0 Å². The van der Waals surface area contributed by atoms with Crippen molar-refractivity contribution in [2.75, 3.05) is 53.1 Å². The van der Waals surface area contributed by atoms with Gasteiger partial charge in [-0.05, 0) is 62.4 Å². The van der Waals surface area contributed by atoms with Gasteiger partial charge < -0.3 is 19.1 Å². The molecule has 0 radical (unpaired) electrons. The fourth-order valence-electron chi connectivity index (χ4n) is 6.99. The Hall–Kier alpha value is -1.97. The molecule has 3 aromatic rings. The maximum Gasteiger partial charge on any atom is 0.120 e. The van der Waals surface area contributed by atoms with Crippen molar-refractivity contribution in [2.45, 2.75) is 43.7 Å². The lowest BCUT2D eigenvalue weighted by molar-refractivity contribution is 0.00937. The van der Waals surface area contributed by atoms with Crippen molar-refractivity contribution in [1.29, 1.82) is 0 Å². The van der Waals surface area contributed by atoms with Gasteiger partial charge in [0.05, 0.1) is 31.8 Å². The van der Waals surface area contributed by atoms with Gasteiger partial charge in [0.2, 0.25) is 0 Å². The van der Waals surface area contributed by atoms with Gasteiger partial charge in [0.15, 0.2) is 0 Å². The van der Waals surface area contributed by atoms with E-state index >= 15 is 0 Å². The molecule has 1 aromatic carbocycles. The quantitative estimate of drug-likeness (QED) is 0.542. The van der Waals surface area contributed by atoms with Crippen LogP contribution in [0.15, 0.2) is 29.8 Å². The van der Waals surface area contributed by atoms with E-state index in [4.69, 9.17) is 9.47 Å². The van der Waals surface area contributed by atoms with Crippen LogP contribution in [0, 0.1) is 5.92 Å². The van der Waals surface area contributed by atoms with E-state index in [2.05, 4.69) is 50.0 Å². The number of fused-ring (bicyclic) bond motifs is 4. The van der Waals surface area contributed by atoms with Crippen molar-refractivity contribution in [3.63, 3.8) is 0 Å². The lowest BCUT2D eigenvalue weighted by Crippen LogP contribution is -2.55. The van der Waals surface area contributed by atoms with Crippen molar-refractivity contribution in [3.8, 4) is 5.75 Å². The number of likely N-dealkylation sites (tertiary alicyclic amines) is 1. The normalized spacial score (nSPS) is 23.4. The highest BCUT2D eigenvalue weighted by Gasteiger charge is 2.48. The summed E-state index contributed by atoms with van der Waals surface area (Å²) in [6.07, 6.45) is 6.38. The molecule has 0 unspecified atom stereocenters. The molecule has 0 amide bonds. The zero-order valence-corrected chi connectivity index (χ0v) is 22.3. The second kappa shape index (κ2) is 10.1. The first kappa shape index (κ1) is 24.4. The topological polar surface area (TPSA) is 63.0 Å². The van der Waals surface area contributed by atoms with Crippen LogP contribution in [-0.2, 0) is 23.7 Å². The van der Waals surface area contributed by atoms with Crippen LogP contribution in [0.5, 0.6) is 5.75 Å². The minimum absolute atomic E-state index is 0.0187. The molecule has 0 aliphatic carbocycles. The van der Waals surface area contributed by atoms with Crippen LogP contribution in [-0.4, -0.2) is 77.6 Å². The number of benzene rings is 1. The molecule has 36 heavy (non-hydrogen) atoms. The number of nitrogens with zero attached hydrogens (tertiary/aromatic N) is 4. The highest BCUT2D eigenvalue weighted by molar-refractivity contribution is 7.09. The number of aryl methyl sites for hydroxylation is 1. The van der Waals surface area contributed by atoms with Crippen LogP contribution >= 0.6 is 11.3 Å². The van der Waals surface area contributed by atoms with Crippen molar-refractivity contribution < 1.29 is 14.6 Å². The Morgan fingerprint density at radius 1 is 1.22 bits per heavy atom. The summed E-state index contributed by atoms with van der Waals surface area (Å²) in [6.45, 7) is 6.99. The molecular weight excluding hydrogens is 472 g/mol. The van der Waals surface area contributed by atoms with Crippen LogP contribution in [0.4, 0.5) is 0 Å². The largest absolute Gasteiger partial charge is 0.497 e. The van der Waals surface area contributed by atoms with Gasteiger partial charge in [-0.3, -0.25) is 9.80 Å². The molecule has 6 rings (SSSR count). The predicted octanol–water partition coefficient (Wildman–Crippen LogP) is 3.95. The second-order valence-corrected chi connectivity index (χ2v) is 11.8. The number of rotatable bonds is 6. The monoisotopic (exact) mass is 510 g/mol. The highest BCUT2D eigenvalue weighted by atomic mass is 32.1. The zero-order chi connectivity index (χ0) is 24.7. The van der Waals surface area contributed by atoms with Crippen molar-refractivity contribution in [2.24, 2.45) is 13.0 Å². The first-order chi connectivity index (χ1) is 17.6. The summed E-state index contributed by atoms with van der Waals surface area (Å²) in [4.78, 5) is 9.71. The average Bonchev–Trinajstić information content (AvgIpc) is 3.53. The molecule has 1 atom stereocenters. The lowest BCUT2D eigenvalue weighted by atomic mass is 9.68. The van der Waals surface area contributed by atoms with Gasteiger partial charge in [-0.2, -0.15) is 0 Å². The summed E-state index contributed by atoms with van der Waals surface area (Å²) in [5, 5.41) is 15.3. The van der Waals surface area contributed by atoms with Gasteiger partial charge >= 0.3 is 0 Å². The first-order valence-corrected chi connectivity index (χ1v) is 14.2. The van der Waals surface area contributed by atoms with Crippen LogP contribution in [0.3, 0.4) is 0 Å². The Morgan fingerprint density at radius 3 is 2.72 bits per heavy atom. The molecule has 7 nitrogen and oxygen atoms in total. The fourth-order valence-corrected chi connectivity index (χ4v) is 7.64. The Morgan fingerprint density at radius 2 is 2.03 bits per heavy atom. The lowest BCUT2D eigenvalue weighted by Gasteiger charge is -2.51. The van der Waals surface area contributed by atoms with Gasteiger partial charge in [-0.25, -0.2) is 4.98 Å². The summed E-state index contributed by atoms with van der Waals surface area (Å²) >= 11 is 1.75. The Labute approximate surface area is 217 Å². The summed E-state index contributed by atoms with van der Waals surface area (Å²) in [5.41, 5.74) is 4.06. The second-order valence-electron chi connectivity index (χ2n) is 10.9. The molecule has 1 spiro atoms. The average molecular weight is 511 g/mol. The van der Waals surface area contributed by atoms with Gasteiger partial charge in [-0.15, -0.1) is 11.3 Å². The van der Waals surface area contributed by atoms with E-state index < -0.39 is 0 Å². The number of hydrogen-bond donors (Lipinski definition) is 1. The SMILES string of the molecule is COc1ccc2c3c(n(C)c2c1)[C@@H](CO)N(CC1CCOCC1)CC31CCN(Cc2nccs2)CC1. The van der Waals surface area contributed by atoms with Gasteiger partial charge in [0, 0.05) is 67.5 Å². The van der Waals surface area contributed by atoms with Crippen LogP contribution in [0.25, 0.3) is 10.9 Å². The smallest absolute Gasteiger partial charge is 0.120 e. The molecule has 2 saturated heterocycles. The molecule has 194 valence electrons. The molecule has 3 aliphatic heterocycles. The van der Waals surface area contributed by atoms with E-state index in [-0.39, 0.29) is 18.1 Å². The van der Waals surface area contributed by atoms with E-state index in [1.165, 1.54) is 27.2 Å². The molecule has 1 N–H and O–H groups in total. The summed E-state index contributed by atoms with van der Waals surface area (Å²) in [6, 6.07) is 6.52. The first-order valence-electron chi connectivity index (χ1n) is 13.3. The maximum atomic E-state index is 10.7. The van der Waals surface area contributed by atoms with E-state index in [0.717, 1.165) is 77.4 Å². The number of methoxy groups -OCH3 is 1. The fraction of sp³-hybridized carbons (Fsp3) is 0.607. The third-order valence-electron chi connectivity index (χ3n) is 8.91. The third kappa shape index (κ3) is 4.27. The number of aromatic nitrogens is 2. The molecule has 0 bridgehead atoms. The highest BCUT2D eigenvalue weighted by Crippen LogP contribution is 2.50. The number of hydrogen-bond acceptors (Lipinski definition) is 7. The van der Waals surface area contributed by atoms with Crippen molar-refractivity contribution >= 4 is 22.2 Å². The van der Waals surface area contributed by atoms with Crippen molar-refractivity contribution in [1.82, 2.24) is 19.4 Å². The van der Waals surface area contributed by atoms with Crippen molar-refractivity contribution in [3.05, 3.63) is 46.0 Å². The van der Waals surface area contributed by atoms with Crippen LogP contribution in [0.1, 0.15) is 48.0 Å². The van der Waals surface area contributed by atoms with E-state index in [9.17, 15) is 5.11 Å². The number of piperidine rings is 1. The summed E-state index contributed by atoms with van der Waals surface area (Å²) in [5.74, 6) is 1.51. The van der Waals surface area contributed by atoms with E-state index in [1.54, 1.807) is 18.4 Å². The van der Waals surface area contributed by atoms with E-state index in [1.807, 2.05) is 6.20 Å². The third-order valence-corrected chi connectivity index (χ3v) is 9.67. The minimum Gasteiger partial charge on any atom is -0.497 e. The number of thiazole rings is 1. The zero-order valence-electron chi connectivity index (χ0n) is 21.5. The molecule has 3 aliphatic rings. The number of ether oxygens (including phenoxy) is 2.